The number of oxime groups is 1. The average molecular weight is 327 g/mol. The predicted molar refractivity (Wildman–Crippen MR) is 82.9 cm³/mol. The largest absolute Gasteiger partial charge is 0.390 e. The monoisotopic (exact) mass is 327 g/mol. The second-order valence-electron chi connectivity index (χ2n) is 5.36. The lowest BCUT2D eigenvalue weighted by Crippen LogP contribution is -2.30. The number of amides is 1. The smallest absolute Gasteiger partial charge is 0.217 e. The summed E-state index contributed by atoms with van der Waals surface area (Å²) in [5.74, 6) is -0.619. The number of nitrogens with one attached hydrogen (secondary N) is 1. The first kappa shape index (κ1) is 15.7. The van der Waals surface area contributed by atoms with Crippen molar-refractivity contribution in [1.82, 2.24) is 15.1 Å². The zero-order valence-electron chi connectivity index (χ0n) is 12.9. The Balaban J connectivity index is 1.74. The van der Waals surface area contributed by atoms with Crippen LogP contribution in [0.5, 0.6) is 0 Å². The van der Waals surface area contributed by atoms with Gasteiger partial charge in [-0.3, -0.25) is 4.79 Å². The Morgan fingerprint density at radius 1 is 1.58 bits per heavy atom. The Morgan fingerprint density at radius 2 is 2.42 bits per heavy atom. The molecule has 7 nitrogen and oxygen atoms in total. The van der Waals surface area contributed by atoms with E-state index in [0.717, 1.165) is 0 Å². The average Bonchev–Trinajstić information content (AvgIpc) is 3.22. The zero-order valence-corrected chi connectivity index (χ0v) is 12.9. The van der Waals surface area contributed by atoms with Gasteiger partial charge in [0, 0.05) is 25.1 Å². The van der Waals surface area contributed by atoms with Crippen LogP contribution in [0.1, 0.15) is 24.5 Å². The third-order valence-corrected chi connectivity index (χ3v) is 3.55. The van der Waals surface area contributed by atoms with Gasteiger partial charge in [-0.15, -0.1) is 0 Å². The normalized spacial score (nSPS) is 16.2. The van der Waals surface area contributed by atoms with E-state index in [1.807, 2.05) is 6.07 Å². The highest BCUT2D eigenvalue weighted by molar-refractivity contribution is 6.01. The van der Waals surface area contributed by atoms with Crippen molar-refractivity contribution < 1.29 is 14.0 Å². The molecule has 0 radical (unpaired) electrons. The van der Waals surface area contributed by atoms with E-state index >= 15 is 0 Å². The third-order valence-electron chi connectivity index (χ3n) is 3.55. The Kier molecular flexibility index (Phi) is 4.24. The topological polar surface area (TPSA) is 92.3 Å². The summed E-state index contributed by atoms with van der Waals surface area (Å²) in [5.41, 5.74) is 1.82. The van der Waals surface area contributed by atoms with Gasteiger partial charge in [0.15, 0.2) is 0 Å². The van der Waals surface area contributed by atoms with Gasteiger partial charge in [-0.2, -0.15) is 10.4 Å². The van der Waals surface area contributed by atoms with Gasteiger partial charge in [0.1, 0.15) is 23.7 Å². The lowest BCUT2D eigenvalue weighted by atomic mass is 10.0. The SMILES string of the molecule is CC(=O)NC[C@H]1CC(c2ccc(-n3cc(C#N)cn3)c(F)c2)=NO1. The molecule has 0 aliphatic carbocycles. The van der Waals surface area contributed by atoms with Crippen molar-refractivity contribution in [2.45, 2.75) is 19.4 Å². The van der Waals surface area contributed by atoms with Crippen LogP contribution < -0.4 is 5.32 Å². The molecule has 2 aromatic rings. The van der Waals surface area contributed by atoms with Gasteiger partial charge in [0.05, 0.1) is 24.0 Å². The van der Waals surface area contributed by atoms with Crippen LogP contribution in [0.4, 0.5) is 4.39 Å². The van der Waals surface area contributed by atoms with Crippen LogP contribution in [0, 0.1) is 17.1 Å². The summed E-state index contributed by atoms with van der Waals surface area (Å²) < 4.78 is 15.7. The first-order valence-electron chi connectivity index (χ1n) is 7.29. The molecule has 8 heteroatoms. The van der Waals surface area contributed by atoms with Gasteiger partial charge in [-0.25, -0.2) is 9.07 Å². The van der Waals surface area contributed by atoms with Crippen LogP contribution >= 0.6 is 0 Å². The van der Waals surface area contributed by atoms with Crippen molar-refractivity contribution in [1.29, 1.82) is 5.26 Å². The fourth-order valence-electron chi connectivity index (χ4n) is 2.35. The fraction of sp³-hybridized carbons (Fsp3) is 0.250. The number of rotatable bonds is 4. The van der Waals surface area contributed by atoms with E-state index in [1.165, 1.54) is 30.1 Å². The summed E-state index contributed by atoms with van der Waals surface area (Å²) in [6, 6.07) is 6.59. The van der Waals surface area contributed by atoms with Crippen molar-refractivity contribution in [2.75, 3.05) is 6.54 Å². The molecule has 0 unspecified atom stereocenters. The molecule has 1 aliphatic rings. The number of nitriles is 1. The predicted octanol–water partition coefficient (Wildman–Crippen LogP) is 1.51. The van der Waals surface area contributed by atoms with E-state index in [9.17, 15) is 9.18 Å². The van der Waals surface area contributed by atoms with Crippen LogP contribution in [0.25, 0.3) is 5.69 Å². The van der Waals surface area contributed by atoms with Crippen molar-refractivity contribution >= 4 is 11.6 Å². The molecule has 1 N–H and O–H groups in total. The summed E-state index contributed by atoms with van der Waals surface area (Å²) in [5, 5.41) is 19.4. The highest BCUT2D eigenvalue weighted by Crippen LogP contribution is 2.20. The van der Waals surface area contributed by atoms with Gasteiger partial charge >= 0.3 is 0 Å². The molecule has 122 valence electrons. The Labute approximate surface area is 137 Å². The number of carbonyl (C=O) groups is 1. The van der Waals surface area contributed by atoms with Gasteiger partial charge in [-0.05, 0) is 12.1 Å². The maximum atomic E-state index is 14.4. The van der Waals surface area contributed by atoms with Crippen LogP contribution in [-0.2, 0) is 9.63 Å². The summed E-state index contributed by atoms with van der Waals surface area (Å²) in [6.07, 6.45) is 3.06. The van der Waals surface area contributed by atoms with Gasteiger partial charge < -0.3 is 10.2 Å². The number of aromatic nitrogens is 2. The highest BCUT2D eigenvalue weighted by Gasteiger charge is 2.23. The quantitative estimate of drug-likeness (QED) is 0.921. The van der Waals surface area contributed by atoms with Crippen LogP contribution in [0.15, 0.2) is 35.7 Å². The Hall–Kier alpha value is -3.21. The molecule has 0 fully saturated rings. The third kappa shape index (κ3) is 3.25. The second kappa shape index (κ2) is 6.50. The molecule has 0 saturated heterocycles. The molecule has 24 heavy (non-hydrogen) atoms. The summed E-state index contributed by atoms with van der Waals surface area (Å²) in [6.45, 7) is 1.78. The van der Waals surface area contributed by atoms with Crippen molar-refractivity contribution in [2.24, 2.45) is 5.16 Å². The summed E-state index contributed by atoms with van der Waals surface area (Å²) in [7, 11) is 0. The minimum atomic E-state index is -0.479. The van der Waals surface area contributed by atoms with E-state index in [-0.39, 0.29) is 17.7 Å². The van der Waals surface area contributed by atoms with E-state index < -0.39 is 5.82 Å². The van der Waals surface area contributed by atoms with Crippen LogP contribution in [0.2, 0.25) is 0 Å². The van der Waals surface area contributed by atoms with Crippen LogP contribution in [-0.4, -0.2) is 34.0 Å². The van der Waals surface area contributed by atoms with Crippen molar-refractivity contribution in [3.8, 4) is 11.8 Å². The van der Waals surface area contributed by atoms with Gasteiger partial charge in [0.2, 0.25) is 5.91 Å². The molecule has 1 aromatic heterocycles. The Morgan fingerprint density at radius 3 is 3.08 bits per heavy atom. The first-order chi connectivity index (χ1) is 11.6. The molecule has 3 rings (SSSR count). The maximum absolute atomic E-state index is 14.4. The minimum Gasteiger partial charge on any atom is -0.390 e. The number of halogens is 1. The molecule has 1 atom stereocenters. The molecule has 0 saturated carbocycles. The summed E-state index contributed by atoms with van der Waals surface area (Å²) in [4.78, 5) is 16.2. The fourth-order valence-corrected chi connectivity index (χ4v) is 2.35. The van der Waals surface area contributed by atoms with Gasteiger partial charge in [0.25, 0.3) is 0 Å². The molecule has 0 bridgehead atoms. The minimum absolute atomic E-state index is 0.140. The summed E-state index contributed by atoms with van der Waals surface area (Å²) >= 11 is 0. The number of hydrogen-bond donors (Lipinski definition) is 1. The number of hydrogen-bond acceptors (Lipinski definition) is 5. The first-order valence-corrected chi connectivity index (χ1v) is 7.29. The molecular weight excluding hydrogens is 313 g/mol. The number of carbonyl (C=O) groups excluding carboxylic acids is 1. The molecule has 1 aromatic carbocycles. The van der Waals surface area contributed by atoms with Crippen molar-refractivity contribution in [3.63, 3.8) is 0 Å². The van der Waals surface area contributed by atoms with Crippen molar-refractivity contribution in [3.05, 3.63) is 47.5 Å². The van der Waals surface area contributed by atoms with E-state index in [4.69, 9.17) is 10.1 Å². The zero-order chi connectivity index (χ0) is 17.1. The lowest BCUT2D eigenvalue weighted by Gasteiger charge is -2.08. The lowest BCUT2D eigenvalue weighted by molar-refractivity contribution is -0.119. The molecule has 0 spiro atoms. The number of benzene rings is 1. The second-order valence-corrected chi connectivity index (χ2v) is 5.36. The highest BCUT2D eigenvalue weighted by atomic mass is 19.1. The molecule has 1 amide bonds. The van der Waals surface area contributed by atoms with E-state index in [1.54, 1.807) is 12.1 Å². The molecule has 2 heterocycles. The standard InChI is InChI=1S/C16H14FN5O2/c1-10(23)19-8-13-5-15(21-24-13)12-2-3-16(14(17)4-12)22-9-11(6-18)7-20-22/h2-4,7,9,13H,5,8H2,1H3,(H,19,23)/t13-/m1/s1. The number of nitrogens with zero attached hydrogens (tertiary/aromatic N) is 4. The van der Waals surface area contributed by atoms with E-state index in [0.29, 0.717) is 29.8 Å². The maximum Gasteiger partial charge on any atom is 0.217 e. The van der Waals surface area contributed by atoms with E-state index in [2.05, 4.69) is 15.6 Å². The molecule has 1 aliphatic heterocycles. The Bertz CT molecular complexity index is 852. The van der Waals surface area contributed by atoms with Crippen LogP contribution in [0.3, 0.4) is 0 Å². The molecular formula is C16H14FN5O2. The van der Waals surface area contributed by atoms with Gasteiger partial charge in [-0.1, -0.05) is 11.2 Å².